The van der Waals surface area contributed by atoms with Gasteiger partial charge in [0.2, 0.25) is 5.91 Å². The van der Waals surface area contributed by atoms with Gasteiger partial charge in [-0.25, -0.2) is 0 Å². The summed E-state index contributed by atoms with van der Waals surface area (Å²) in [5.41, 5.74) is 4.06. The fourth-order valence-corrected chi connectivity index (χ4v) is 4.51. The minimum Gasteiger partial charge on any atom is -0.496 e. The van der Waals surface area contributed by atoms with Crippen molar-refractivity contribution in [3.05, 3.63) is 23.3 Å². The molecule has 1 aromatic carbocycles. The maximum absolute atomic E-state index is 11.8. The molecule has 0 aromatic heterocycles. The fourth-order valence-electron chi connectivity index (χ4n) is 4.51. The van der Waals surface area contributed by atoms with E-state index >= 15 is 0 Å². The Bertz CT molecular complexity index is 599. The van der Waals surface area contributed by atoms with Crippen LogP contribution in [0, 0.1) is 0 Å². The number of carbonyl (C=O) groups is 1. The van der Waals surface area contributed by atoms with E-state index in [0.29, 0.717) is 12.0 Å². The highest BCUT2D eigenvalue weighted by molar-refractivity contribution is 5.76. The van der Waals surface area contributed by atoms with Gasteiger partial charge in [-0.2, -0.15) is 0 Å². The molecule has 21 heavy (non-hydrogen) atoms. The van der Waals surface area contributed by atoms with Crippen molar-refractivity contribution in [2.45, 2.75) is 44.7 Å². The maximum Gasteiger partial charge on any atom is 0.219 e. The van der Waals surface area contributed by atoms with Gasteiger partial charge >= 0.3 is 0 Å². The Morgan fingerprint density at radius 2 is 2.14 bits per heavy atom. The van der Waals surface area contributed by atoms with Crippen molar-refractivity contribution in [1.82, 2.24) is 4.90 Å². The molecule has 0 unspecified atom stereocenters. The molecule has 4 heteroatoms. The lowest BCUT2D eigenvalue weighted by atomic mass is 9.94. The highest BCUT2D eigenvalue weighted by Crippen LogP contribution is 2.54. The third-order valence-electron chi connectivity index (χ3n) is 5.44. The van der Waals surface area contributed by atoms with E-state index in [-0.39, 0.29) is 5.91 Å². The molecule has 112 valence electrons. The van der Waals surface area contributed by atoms with Crippen LogP contribution in [0.1, 0.15) is 43.2 Å². The molecule has 0 bridgehead atoms. The van der Waals surface area contributed by atoms with Crippen LogP contribution in [-0.4, -0.2) is 37.0 Å². The van der Waals surface area contributed by atoms with Gasteiger partial charge < -0.3 is 14.5 Å². The van der Waals surface area contributed by atoms with Crippen molar-refractivity contribution in [3.8, 4) is 5.75 Å². The molecule has 2 heterocycles. The average Bonchev–Trinajstić information content (AvgIpc) is 2.99. The summed E-state index contributed by atoms with van der Waals surface area (Å²) < 4.78 is 5.65. The predicted octanol–water partition coefficient (Wildman–Crippen LogP) is 2.51. The molecule has 1 fully saturated rings. The Kier molecular flexibility index (Phi) is 2.88. The average molecular weight is 286 g/mol. The number of ether oxygens (including phenoxy) is 1. The quantitative estimate of drug-likeness (QED) is 0.795. The number of hydrogen-bond donors (Lipinski definition) is 0. The number of nitrogens with zero attached hydrogens (tertiary/aromatic N) is 2. The topological polar surface area (TPSA) is 32.8 Å². The van der Waals surface area contributed by atoms with E-state index in [4.69, 9.17) is 4.74 Å². The number of fused-ring (bicyclic) bond motifs is 3. The lowest BCUT2D eigenvalue weighted by molar-refractivity contribution is -0.129. The van der Waals surface area contributed by atoms with Gasteiger partial charge in [-0.3, -0.25) is 4.79 Å². The molecule has 1 saturated carbocycles. The molecule has 1 aromatic rings. The van der Waals surface area contributed by atoms with Crippen molar-refractivity contribution in [2.24, 2.45) is 0 Å². The van der Waals surface area contributed by atoms with Crippen LogP contribution in [0.5, 0.6) is 5.75 Å². The number of anilines is 1. The number of carbonyl (C=O) groups excluding carboxylic acids is 1. The fraction of sp³-hybridized carbons (Fsp3) is 0.588. The Morgan fingerprint density at radius 3 is 2.90 bits per heavy atom. The van der Waals surface area contributed by atoms with Gasteiger partial charge in [0.25, 0.3) is 0 Å². The van der Waals surface area contributed by atoms with E-state index in [1.807, 2.05) is 4.90 Å². The van der Waals surface area contributed by atoms with E-state index in [0.717, 1.165) is 25.4 Å². The molecule has 4 rings (SSSR count). The molecule has 0 spiro atoms. The van der Waals surface area contributed by atoms with Crippen molar-refractivity contribution in [1.29, 1.82) is 0 Å². The van der Waals surface area contributed by atoms with Crippen LogP contribution >= 0.6 is 0 Å². The lowest BCUT2D eigenvalue weighted by Crippen LogP contribution is -2.37. The van der Waals surface area contributed by atoms with Gasteiger partial charge in [-0.15, -0.1) is 0 Å². The summed E-state index contributed by atoms with van der Waals surface area (Å²) in [5.74, 6) is 1.83. The number of rotatable bonds is 1. The molecule has 2 aliphatic heterocycles. The lowest BCUT2D eigenvalue weighted by Gasteiger charge is -2.27. The molecule has 0 N–H and O–H groups in total. The number of amides is 1. The van der Waals surface area contributed by atoms with Crippen LogP contribution in [0.25, 0.3) is 0 Å². The van der Waals surface area contributed by atoms with E-state index < -0.39 is 0 Å². The van der Waals surface area contributed by atoms with Crippen LogP contribution in [0.2, 0.25) is 0 Å². The second kappa shape index (κ2) is 4.65. The first-order chi connectivity index (χ1) is 10.2. The first-order valence-electron chi connectivity index (χ1n) is 7.92. The van der Waals surface area contributed by atoms with Gasteiger partial charge in [0.15, 0.2) is 0 Å². The summed E-state index contributed by atoms with van der Waals surface area (Å²) in [4.78, 5) is 16.3. The van der Waals surface area contributed by atoms with Gasteiger partial charge in [0.1, 0.15) is 5.75 Å². The third-order valence-corrected chi connectivity index (χ3v) is 5.44. The van der Waals surface area contributed by atoms with Crippen LogP contribution in [0.15, 0.2) is 12.1 Å². The zero-order chi connectivity index (χ0) is 14.6. The smallest absolute Gasteiger partial charge is 0.219 e. The molecule has 1 aliphatic carbocycles. The third kappa shape index (κ3) is 1.78. The van der Waals surface area contributed by atoms with Gasteiger partial charge in [0, 0.05) is 49.8 Å². The largest absolute Gasteiger partial charge is 0.496 e. The van der Waals surface area contributed by atoms with E-state index in [1.165, 1.54) is 36.1 Å². The first kappa shape index (κ1) is 13.0. The molecule has 4 nitrogen and oxygen atoms in total. The summed E-state index contributed by atoms with van der Waals surface area (Å²) in [5, 5.41) is 0. The van der Waals surface area contributed by atoms with Gasteiger partial charge in [-0.05, 0) is 24.5 Å². The summed E-state index contributed by atoms with van der Waals surface area (Å²) in [6.45, 7) is 4.18. The molecular formula is C17H22N2O2. The molecule has 0 radical (unpaired) electrons. The van der Waals surface area contributed by atoms with Gasteiger partial charge in [0.05, 0.1) is 7.11 Å². The zero-order valence-corrected chi connectivity index (χ0v) is 12.8. The summed E-state index contributed by atoms with van der Waals surface area (Å²) in [6.07, 6.45) is 3.83. The second-order valence-corrected chi connectivity index (χ2v) is 6.43. The van der Waals surface area contributed by atoms with E-state index in [2.05, 4.69) is 17.0 Å². The maximum atomic E-state index is 11.8. The van der Waals surface area contributed by atoms with E-state index in [9.17, 15) is 4.79 Å². The Labute approximate surface area is 125 Å². The Morgan fingerprint density at radius 1 is 1.29 bits per heavy atom. The summed E-state index contributed by atoms with van der Waals surface area (Å²) in [6, 6.07) is 4.85. The molecule has 0 saturated heterocycles. The van der Waals surface area contributed by atoms with Crippen molar-refractivity contribution in [3.63, 3.8) is 0 Å². The monoisotopic (exact) mass is 286 g/mol. The first-order valence-corrected chi connectivity index (χ1v) is 7.92. The molecule has 1 amide bonds. The van der Waals surface area contributed by atoms with Crippen molar-refractivity contribution < 1.29 is 9.53 Å². The SMILES string of the molecule is COc1ccc2c3c1[C@H]1CCC[C@H]1N3CCN(C(C)=O)C2. The molecule has 3 aliphatic rings. The number of benzene rings is 1. The number of hydrogen-bond acceptors (Lipinski definition) is 3. The predicted molar refractivity (Wildman–Crippen MR) is 81.8 cm³/mol. The normalized spacial score (nSPS) is 26.4. The van der Waals surface area contributed by atoms with Crippen molar-refractivity contribution >= 4 is 11.6 Å². The van der Waals surface area contributed by atoms with Gasteiger partial charge in [-0.1, -0.05) is 12.5 Å². The Hall–Kier alpha value is -1.71. The summed E-state index contributed by atoms with van der Waals surface area (Å²) >= 11 is 0. The second-order valence-electron chi connectivity index (χ2n) is 6.43. The van der Waals surface area contributed by atoms with Crippen molar-refractivity contribution in [2.75, 3.05) is 25.1 Å². The highest BCUT2D eigenvalue weighted by Gasteiger charge is 2.45. The Balaban J connectivity index is 1.86. The van der Waals surface area contributed by atoms with Crippen LogP contribution < -0.4 is 9.64 Å². The molecular weight excluding hydrogens is 264 g/mol. The minimum atomic E-state index is 0.170. The van der Waals surface area contributed by atoms with Crippen LogP contribution in [0.4, 0.5) is 5.69 Å². The standard InChI is InChI=1S/C17H22N2O2/c1-11(20)18-8-9-19-14-5-3-4-13(14)16-15(21-2)7-6-12(10-18)17(16)19/h6-7,13-14H,3-5,8-10H2,1-2H3/t13-,14+/m0/s1. The summed E-state index contributed by atoms with van der Waals surface area (Å²) in [7, 11) is 1.77. The minimum absolute atomic E-state index is 0.170. The van der Waals surface area contributed by atoms with Crippen LogP contribution in [0.3, 0.4) is 0 Å². The zero-order valence-electron chi connectivity index (χ0n) is 12.8. The highest BCUT2D eigenvalue weighted by atomic mass is 16.5. The molecule has 2 atom stereocenters. The van der Waals surface area contributed by atoms with E-state index in [1.54, 1.807) is 14.0 Å². The number of methoxy groups -OCH3 is 1. The van der Waals surface area contributed by atoms with Crippen LogP contribution in [-0.2, 0) is 11.3 Å².